The second-order valence-corrected chi connectivity index (χ2v) is 5.14. The highest BCUT2D eigenvalue weighted by molar-refractivity contribution is 8.14. The normalized spacial score (nSPS) is 11.3. The number of nitrogens with one attached hydrogen (secondary N) is 1. The number of aryl methyl sites for hydroxylation is 2. The fourth-order valence-corrected chi connectivity index (χ4v) is 1.62. The number of rotatable bonds is 2. The van der Waals surface area contributed by atoms with E-state index >= 15 is 0 Å². The molecule has 5 heteroatoms. The zero-order valence-corrected chi connectivity index (χ0v) is 8.91. The number of benzene rings is 1. The van der Waals surface area contributed by atoms with Gasteiger partial charge in [0, 0.05) is 16.4 Å². The molecule has 0 aliphatic heterocycles. The number of hydrogen-bond donors (Lipinski definition) is 1. The highest BCUT2D eigenvalue weighted by Crippen LogP contribution is 2.16. The lowest BCUT2D eigenvalue weighted by molar-refractivity contribution is 0.614. The average Bonchev–Trinajstić information content (AvgIpc) is 1.94. The summed E-state index contributed by atoms with van der Waals surface area (Å²) < 4.78 is 23.5. The zero-order chi connectivity index (χ0) is 10.1. The molecule has 0 atom stereocenters. The van der Waals surface area contributed by atoms with Crippen LogP contribution in [0.4, 0.5) is 5.69 Å². The van der Waals surface area contributed by atoms with Gasteiger partial charge >= 0.3 is 9.24 Å². The molecule has 13 heavy (non-hydrogen) atoms. The Morgan fingerprint density at radius 3 is 2.31 bits per heavy atom. The highest BCUT2D eigenvalue weighted by Gasteiger charge is 2.04. The summed E-state index contributed by atoms with van der Waals surface area (Å²) in [6.07, 6.45) is 0. The van der Waals surface area contributed by atoms with E-state index in [0.717, 1.165) is 11.1 Å². The lowest BCUT2D eigenvalue weighted by atomic mass is 10.1. The fraction of sp³-hybridized carbons (Fsp3) is 0.250. The van der Waals surface area contributed by atoms with Gasteiger partial charge in [0.25, 0.3) is 0 Å². The molecule has 0 aliphatic rings. The molecule has 3 nitrogen and oxygen atoms in total. The Morgan fingerprint density at radius 1 is 1.23 bits per heavy atom. The van der Waals surface area contributed by atoms with Crippen LogP contribution in [0.25, 0.3) is 0 Å². The van der Waals surface area contributed by atoms with E-state index in [9.17, 15) is 8.42 Å². The SMILES string of the molecule is Cc1ccc(NS(=O)(=O)Cl)cc1C. The molecule has 72 valence electrons. The second-order valence-electron chi connectivity index (χ2n) is 2.84. The lowest BCUT2D eigenvalue weighted by Crippen LogP contribution is -2.04. The first-order valence-corrected chi connectivity index (χ1v) is 5.99. The standard InChI is InChI=1S/C8H10ClNO2S/c1-6-3-4-8(5-7(6)2)10-13(9,11)12/h3-5,10H,1-2H3. The molecule has 0 bridgehead atoms. The van der Waals surface area contributed by atoms with E-state index in [1.807, 2.05) is 19.9 Å². The van der Waals surface area contributed by atoms with Crippen LogP contribution in [-0.2, 0) is 9.24 Å². The summed E-state index contributed by atoms with van der Waals surface area (Å²) in [5.41, 5.74) is 2.61. The Bertz CT molecular complexity index is 414. The van der Waals surface area contributed by atoms with Crippen molar-refractivity contribution >= 4 is 25.6 Å². The third-order valence-electron chi connectivity index (χ3n) is 1.75. The van der Waals surface area contributed by atoms with E-state index in [1.165, 1.54) is 0 Å². The van der Waals surface area contributed by atoms with Gasteiger partial charge in [0.15, 0.2) is 0 Å². The van der Waals surface area contributed by atoms with Crippen LogP contribution in [0.15, 0.2) is 18.2 Å². The predicted molar refractivity (Wildman–Crippen MR) is 54.3 cm³/mol. The molecule has 0 heterocycles. The van der Waals surface area contributed by atoms with Crippen molar-refractivity contribution in [2.75, 3.05) is 4.72 Å². The predicted octanol–water partition coefficient (Wildman–Crippen LogP) is 2.20. The number of halogens is 1. The smallest absolute Gasteiger partial charge is 0.271 e. The Morgan fingerprint density at radius 2 is 1.85 bits per heavy atom. The van der Waals surface area contributed by atoms with Crippen LogP contribution < -0.4 is 4.72 Å². The second kappa shape index (κ2) is 3.55. The van der Waals surface area contributed by atoms with Gasteiger partial charge in [-0.3, -0.25) is 4.72 Å². The molecule has 1 aromatic rings. The van der Waals surface area contributed by atoms with E-state index < -0.39 is 9.24 Å². The van der Waals surface area contributed by atoms with Crippen molar-refractivity contribution in [1.82, 2.24) is 0 Å². The maximum absolute atomic E-state index is 10.7. The molecule has 0 unspecified atom stereocenters. The van der Waals surface area contributed by atoms with Crippen molar-refractivity contribution in [3.05, 3.63) is 29.3 Å². The van der Waals surface area contributed by atoms with Gasteiger partial charge in [0.05, 0.1) is 0 Å². The third-order valence-corrected chi connectivity index (χ3v) is 2.46. The topological polar surface area (TPSA) is 46.2 Å². The third kappa shape index (κ3) is 3.24. The number of hydrogen-bond acceptors (Lipinski definition) is 2. The number of anilines is 1. The van der Waals surface area contributed by atoms with E-state index in [0.29, 0.717) is 5.69 Å². The molecule has 0 aromatic heterocycles. The summed E-state index contributed by atoms with van der Waals surface area (Å²) in [5, 5.41) is 0. The summed E-state index contributed by atoms with van der Waals surface area (Å²) in [7, 11) is 1.34. The molecule has 0 radical (unpaired) electrons. The van der Waals surface area contributed by atoms with Gasteiger partial charge in [0.2, 0.25) is 0 Å². The summed E-state index contributed by atoms with van der Waals surface area (Å²) in [4.78, 5) is 0. The van der Waals surface area contributed by atoms with E-state index in [2.05, 4.69) is 4.72 Å². The molecule has 0 aliphatic carbocycles. The summed E-state index contributed by atoms with van der Waals surface area (Å²) in [5.74, 6) is 0. The van der Waals surface area contributed by atoms with Crippen molar-refractivity contribution in [1.29, 1.82) is 0 Å². The lowest BCUT2D eigenvalue weighted by Gasteiger charge is -2.04. The Hall–Kier alpha value is -0.740. The Labute approximate surface area is 82.3 Å². The minimum atomic E-state index is -3.68. The first kappa shape index (κ1) is 10.3. The Balaban J connectivity index is 2.99. The summed E-state index contributed by atoms with van der Waals surface area (Å²) >= 11 is 0. The highest BCUT2D eigenvalue weighted by atomic mass is 35.7. The average molecular weight is 220 g/mol. The van der Waals surface area contributed by atoms with Crippen LogP contribution in [0, 0.1) is 13.8 Å². The molecule has 1 N–H and O–H groups in total. The molecule has 0 amide bonds. The summed E-state index contributed by atoms with van der Waals surface area (Å²) in [6.45, 7) is 3.86. The molecule has 0 fully saturated rings. The maximum atomic E-state index is 10.7. The summed E-state index contributed by atoms with van der Waals surface area (Å²) in [6, 6.07) is 5.23. The fourth-order valence-electron chi connectivity index (χ4n) is 0.946. The first-order valence-electron chi connectivity index (χ1n) is 3.68. The van der Waals surface area contributed by atoms with E-state index in [-0.39, 0.29) is 0 Å². The Kier molecular flexibility index (Phi) is 2.83. The molecule has 0 saturated carbocycles. The van der Waals surface area contributed by atoms with Gasteiger partial charge < -0.3 is 0 Å². The van der Waals surface area contributed by atoms with Crippen molar-refractivity contribution < 1.29 is 8.42 Å². The largest absolute Gasteiger partial charge is 0.319 e. The van der Waals surface area contributed by atoms with Crippen molar-refractivity contribution in [3.63, 3.8) is 0 Å². The van der Waals surface area contributed by atoms with Crippen molar-refractivity contribution in [2.45, 2.75) is 13.8 Å². The van der Waals surface area contributed by atoms with Crippen LogP contribution in [0.3, 0.4) is 0 Å². The van der Waals surface area contributed by atoms with Crippen LogP contribution in [0.2, 0.25) is 0 Å². The van der Waals surface area contributed by atoms with Crippen LogP contribution in [-0.4, -0.2) is 8.42 Å². The van der Waals surface area contributed by atoms with Gasteiger partial charge in [0.1, 0.15) is 0 Å². The minimum absolute atomic E-state index is 0.484. The maximum Gasteiger partial charge on any atom is 0.319 e. The van der Waals surface area contributed by atoms with Crippen LogP contribution in [0.5, 0.6) is 0 Å². The van der Waals surface area contributed by atoms with E-state index in [1.54, 1.807) is 12.1 Å². The van der Waals surface area contributed by atoms with Gasteiger partial charge in [-0.15, -0.1) is 0 Å². The zero-order valence-electron chi connectivity index (χ0n) is 7.33. The monoisotopic (exact) mass is 219 g/mol. The van der Waals surface area contributed by atoms with Crippen LogP contribution >= 0.6 is 10.7 Å². The van der Waals surface area contributed by atoms with Gasteiger partial charge in [-0.05, 0) is 37.1 Å². The quantitative estimate of drug-likeness (QED) is 0.776. The molecule has 1 aromatic carbocycles. The van der Waals surface area contributed by atoms with Crippen molar-refractivity contribution in [2.24, 2.45) is 0 Å². The molecule has 0 spiro atoms. The van der Waals surface area contributed by atoms with E-state index in [4.69, 9.17) is 10.7 Å². The molecular formula is C8H10ClNO2S. The van der Waals surface area contributed by atoms with Crippen molar-refractivity contribution in [3.8, 4) is 0 Å². The molecule has 1 rings (SSSR count). The van der Waals surface area contributed by atoms with Gasteiger partial charge in [-0.2, -0.15) is 8.42 Å². The van der Waals surface area contributed by atoms with Crippen LogP contribution in [0.1, 0.15) is 11.1 Å². The van der Waals surface area contributed by atoms with Gasteiger partial charge in [-0.25, -0.2) is 0 Å². The first-order chi connectivity index (χ1) is 5.88. The molecule has 0 saturated heterocycles. The van der Waals surface area contributed by atoms with Gasteiger partial charge in [-0.1, -0.05) is 6.07 Å². The minimum Gasteiger partial charge on any atom is -0.271 e. The molecular weight excluding hydrogens is 210 g/mol.